The van der Waals surface area contributed by atoms with Crippen LogP contribution in [0.2, 0.25) is 5.15 Å². The molecule has 1 N–H and O–H groups in total. The lowest BCUT2D eigenvalue weighted by Crippen LogP contribution is -2.43. The smallest absolute Gasteiger partial charge is 0.410 e. The number of imidazole rings is 1. The summed E-state index contributed by atoms with van der Waals surface area (Å²) in [5.74, 6) is 1.38. The van der Waals surface area contributed by atoms with Crippen LogP contribution >= 0.6 is 11.6 Å². The van der Waals surface area contributed by atoms with Gasteiger partial charge in [0, 0.05) is 37.0 Å². The summed E-state index contributed by atoms with van der Waals surface area (Å²) in [7, 11) is 0. The number of hydrogen-bond acceptors (Lipinski definition) is 6. The van der Waals surface area contributed by atoms with Crippen molar-refractivity contribution in [3.63, 3.8) is 0 Å². The molecule has 4 atom stereocenters. The van der Waals surface area contributed by atoms with Gasteiger partial charge in [0.1, 0.15) is 27.9 Å². The van der Waals surface area contributed by atoms with Crippen LogP contribution in [0.3, 0.4) is 0 Å². The molecular weight excluding hydrogens is 686 g/mol. The number of likely N-dealkylation sites (tertiary alicyclic amines) is 2. The van der Waals surface area contributed by atoms with Gasteiger partial charge in [-0.05, 0) is 111 Å². The molecule has 278 valence electrons. The minimum absolute atomic E-state index is 0.0391. The Kier molecular flexibility index (Phi) is 9.68. The second-order valence-electron chi connectivity index (χ2n) is 17.1. The molecule has 4 heterocycles. The lowest BCUT2D eigenvalue weighted by atomic mass is 9.95. The van der Waals surface area contributed by atoms with Crippen LogP contribution in [0, 0.1) is 11.8 Å². The predicted octanol–water partition coefficient (Wildman–Crippen LogP) is 10.7. The molecule has 0 spiro atoms. The van der Waals surface area contributed by atoms with Gasteiger partial charge in [0.25, 0.3) is 0 Å². The first-order valence-corrected chi connectivity index (χ1v) is 19.0. The molecule has 7 rings (SSSR count). The van der Waals surface area contributed by atoms with Crippen LogP contribution in [0.1, 0.15) is 92.1 Å². The van der Waals surface area contributed by atoms with Crippen molar-refractivity contribution >= 4 is 45.8 Å². The van der Waals surface area contributed by atoms with E-state index >= 15 is 0 Å². The third kappa shape index (κ3) is 8.00. The van der Waals surface area contributed by atoms with Crippen molar-refractivity contribution in [1.82, 2.24) is 19.8 Å². The Morgan fingerprint density at radius 2 is 1.25 bits per heavy atom. The van der Waals surface area contributed by atoms with E-state index < -0.39 is 11.2 Å². The van der Waals surface area contributed by atoms with Crippen molar-refractivity contribution in [1.29, 1.82) is 0 Å². The highest BCUT2D eigenvalue weighted by Gasteiger charge is 2.40. The molecule has 3 aliphatic rings. The Bertz CT molecular complexity index is 2110. The predicted molar refractivity (Wildman–Crippen MR) is 212 cm³/mol. The number of halogens is 1. The number of amides is 2. The molecule has 2 saturated heterocycles. The maximum Gasteiger partial charge on any atom is 0.410 e. The van der Waals surface area contributed by atoms with Crippen LogP contribution in [-0.4, -0.2) is 68.0 Å². The summed E-state index contributed by atoms with van der Waals surface area (Å²) in [4.78, 5) is 42.6. The number of H-pyrrole nitrogens is 1. The van der Waals surface area contributed by atoms with E-state index in [1.807, 2.05) is 58.7 Å². The standard InChI is InChI=1S/C43H50ClN5O4/c1-25-17-35(48(23-25)40(50)52-42(3,4)5)34-21-33(22-45-34)28-11-9-27(10-12-28)29-13-14-31-20-32(16-15-30(31)19-29)37-38(44)47-39(46-37)36-18-26(2)24-49(36)41(51)53-43(6,7)8/h9-16,19-20,22,25-26,35-36H,17-18,21,23-24H2,1-8H3,(H,46,47)/t25-,26-,35-,36-/m0/s1. The van der Waals surface area contributed by atoms with Crippen LogP contribution in [0.5, 0.6) is 0 Å². The first-order chi connectivity index (χ1) is 25.0. The van der Waals surface area contributed by atoms with E-state index in [0.29, 0.717) is 41.6 Å². The van der Waals surface area contributed by atoms with Gasteiger partial charge < -0.3 is 14.5 Å². The zero-order valence-corrected chi connectivity index (χ0v) is 32.8. The molecule has 0 saturated carbocycles. The number of allylic oxidation sites excluding steroid dienone is 1. The zero-order valence-electron chi connectivity index (χ0n) is 32.0. The minimum atomic E-state index is -0.579. The summed E-state index contributed by atoms with van der Waals surface area (Å²) in [5.41, 5.74) is 6.02. The Morgan fingerprint density at radius 3 is 1.85 bits per heavy atom. The van der Waals surface area contributed by atoms with Crippen LogP contribution in [0.25, 0.3) is 38.7 Å². The minimum Gasteiger partial charge on any atom is -0.444 e. The van der Waals surface area contributed by atoms with E-state index in [1.165, 1.54) is 0 Å². The third-order valence-corrected chi connectivity index (χ3v) is 10.4. The molecule has 0 unspecified atom stereocenters. The molecule has 3 aromatic carbocycles. The largest absolute Gasteiger partial charge is 0.444 e. The number of aliphatic imine (C=N–C) groups is 1. The number of ether oxygens (including phenoxy) is 2. The second kappa shape index (κ2) is 14.0. The number of nitrogens with zero attached hydrogens (tertiary/aromatic N) is 4. The monoisotopic (exact) mass is 735 g/mol. The fourth-order valence-electron chi connectivity index (χ4n) is 7.71. The quantitative estimate of drug-likeness (QED) is 0.220. The van der Waals surface area contributed by atoms with Gasteiger partial charge in [-0.15, -0.1) is 0 Å². The Labute approximate surface area is 317 Å². The van der Waals surface area contributed by atoms with Gasteiger partial charge in [-0.3, -0.25) is 14.8 Å². The summed E-state index contributed by atoms with van der Waals surface area (Å²) in [5, 5.41) is 2.64. The molecule has 10 heteroatoms. The van der Waals surface area contributed by atoms with E-state index in [2.05, 4.69) is 73.4 Å². The van der Waals surface area contributed by atoms with Crippen LogP contribution in [0.4, 0.5) is 9.59 Å². The first kappa shape index (κ1) is 36.7. The molecular formula is C43H50ClN5O4. The van der Waals surface area contributed by atoms with Crippen molar-refractivity contribution in [2.24, 2.45) is 16.8 Å². The van der Waals surface area contributed by atoms with Gasteiger partial charge in [-0.2, -0.15) is 0 Å². The van der Waals surface area contributed by atoms with Gasteiger partial charge >= 0.3 is 12.2 Å². The molecule has 9 nitrogen and oxygen atoms in total. The van der Waals surface area contributed by atoms with E-state index in [4.69, 9.17) is 31.1 Å². The maximum absolute atomic E-state index is 13.0. The molecule has 53 heavy (non-hydrogen) atoms. The molecule has 2 amide bonds. The number of carbonyl (C=O) groups is 2. The number of fused-ring (bicyclic) bond motifs is 1. The SMILES string of the molecule is C[C@H]1C[C@@H](C2=NC=C(c3ccc(-c4ccc5cc(-c6nc([C@@H]7C[C@H](C)CN7C(=O)OC(C)(C)C)[nH]c6Cl)ccc5c4)cc3)C2)N(C(=O)OC(C)(C)C)C1. The van der Waals surface area contributed by atoms with Crippen molar-refractivity contribution in [2.45, 2.75) is 97.9 Å². The first-order valence-electron chi connectivity index (χ1n) is 18.7. The number of benzene rings is 3. The summed E-state index contributed by atoms with van der Waals surface area (Å²) < 4.78 is 11.4. The Morgan fingerprint density at radius 1 is 0.736 bits per heavy atom. The molecule has 0 radical (unpaired) electrons. The van der Waals surface area contributed by atoms with E-state index in [0.717, 1.165) is 63.6 Å². The Balaban J connectivity index is 1.03. The summed E-state index contributed by atoms with van der Waals surface area (Å²) >= 11 is 6.75. The highest BCUT2D eigenvalue weighted by Crippen LogP contribution is 2.39. The topological polar surface area (TPSA) is 100 Å². The Hall–Kier alpha value is -4.63. The van der Waals surface area contributed by atoms with Crippen molar-refractivity contribution in [3.05, 3.63) is 83.4 Å². The number of aromatic nitrogens is 2. The highest BCUT2D eigenvalue weighted by molar-refractivity contribution is 6.32. The fraction of sp³-hybridized carbons (Fsp3) is 0.442. The average Bonchev–Trinajstić information content (AvgIpc) is 3.88. The summed E-state index contributed by atoms with van der Waals surface area (Å²) in [6, 6.07) is 21.1. The van der Waals surface area contributed by atoms with Gasteiger partial charge in [0.15, 0.2) is 0 Å². The lowest BCUT2D eigenvalue weighted by Gasteiger charge is -2.28. The summed E-state index contributed by atoms with van der Waals surface area (Å²) in [6.45, 7) is 16.9. The second-order valence-corrected chi connectivity index (χ2v) is 17.4. The van der Waals surface area contributed by atoms with Crippen LogP contribution < -0.4 is 0 Å². The zero-order chi connectivity index (χ0) is 37.8. The van der Waals surface area contributed by atoms with Crippen molar-refractivity contribution in [2.75, 3.05) is 13.1 Å². The van der Waals surface area contributed by atoms with Gasteiger partial charge in [0.05, 0.1) is 12.1 Å². The fourth-order valence-corrected chi connectivity index (χ4v) is 7.96. The summed E-state index contributed by atoms with van der Waals surface area (Å²) in [6.07, 6.45) is 3.75. The third-order valence-electron chi connectivity index (χ3n) is 10.1. The molecule has 3 aliphatic heterocycles. The van der Waals surface area contributed by atoms with Crippen LogP contribution in [-0.2, 0) is 9.47 Å². The number of nitrogens with one attached hydrogen (secondary N) is 1. The molecule has 0 aliphatic carbocycles. The number of rotatable bonds is 5. The molecule has 2 fully saturated rings. The van der Waals surface area contributed by atoms with Crippen molar-refractivity contribution < 1.29 is 19.1 Å². The van der Waals surface area contributed by atoms with E-state index in [9.17, 15) is 9.59 Å². The maximum atomic E-state index is 13.0. The van der Waals surface area contributed by atoms with Gasteiger partial charge in [-0.1, -0.05) is 74.0 Å². The van der Waals surface area contributed by atoms with Gasteiger partial charge in [-0.25, -0.2) is 14.6 Å². The van der Waals surface area contributed by atoms with Crippen LogP contribution in [0.15, 0.2) is 71.9 Å². The van der Waals surface area contributed by atoms with E-state index in [-0.39, 0.29) is 24.3 Å². The average molecular weight is 736 g/mol. The lowest BCUT2D eigenvalue weighted by molar-refractivity contribution is 0.0212. The van der Waals surface area contributed by atoms with E-state index in [1.54, 1.807) is 4.90 Å². The molecule has 1 aromatic heterocycles. The number of hydrogen-bond donors (Lipinski definition) is 1. The highest BCUT2D eigenvalue weighted by atomic mass is 35.5. The van der Waals surface area contributed by atoms with Gasteiger partial charge in [0.2, 0.25) is 0 Å². The normalized spacial score (nSPS) is 22.0. The molecule has 0 bridgehead atoms. The number of carbonyl (C=O) groups excluding carboxylic acids is 2. The molecule has 4 aromatic rings. The van der Waals surface area contributed by atoms with Crippen molar-refractivity contribution in [3.8, 4) is 22.4 Å². The number of aromatic amines is 1.